The number of carbonyl (C=O) groups is 2. The molecule has 1 aliphatic rings. The topological polar surface area (TPSA) is 67.9 Å². The van der Waals surface area contributed by atoms with Crippen molar-refractivity contribution in [1.82, 2.24) is 4.90 Å². The van der Waals surface area contributed by atoms with Gasteiger partial charge in [0, 0.05) is 18.8 Å². The first-order chi connectivity index (χ1) is 12.1. The molecule has 2 rings (SSSR count). The molecule has 1 aromatic rings. The molecule has 0 bridgehead atoms. The monoisotopic (exact) mass is 348 g/mol. The molecule has 1 saturated heterocycles. The molecule has 0 atom stereocenters. The van der Waals surface area contributed by atoms with E-state index in [0.717, 1.165) is 17.9 Å². The summed E-state index contributed by atoms with van der Waals surface area (Å²) in [6, 6.07) is 7.61. The maximum Gasteiger partial charge on any atom is 0.309 e. The van der Waals surface area contributed by atoms with Crippen LogP contribution in [-0.2, 0) is 14.3 Å². The van der Waals surface area contributed by atoms with E-state index in [4.69, 9.17) is 9.47 Å². The Morgan fingerprint density at radius 3 is 2.44 bits per heavy atom. The lowest BCUT2D eigenvalue weighted by molar-refractivity contribution is -0.151. The van der Waals surface area contributed by atoms with Crippen LogP contribution in [0.3, 0.4) is 0 Å². The van der Waals surface area contributed by atoms with E-state index in [0.29, 0.717) is 39.1 Å². The van der Waals surface area contributed by atoms with Crippen molar-refractivity contribution in [3.63, 3.8) is 0 Å². The molecule has 138 valence electrons. The molecular formula is C19H28N2O4. The summed E-state index contributed by atoms with van der Waals surface area (Å²) in [7, 11) is 0. The molecule has 0 aliphatic carbocycles. The smallest absolute Gasteiger partial charge is 0.309 e. The maximum absolute atomic E-state index is 12.3. The van der Waals surface area contributed by atoms with Crippen LogP contribution >= 0.6 is 0 Å². The number of esters is 1. The fraction of sp³-hybridized carbons (Fsp3) is 0.579. The molecule has 1 N–H and O–H groups in total. The van der Waals surface area contributed by atoms with Crippen molar-refractivity contribution in [2.45, 2.75) is 33.1 Å². The molecule has 6 heteroatoms. The fourth-order valence-electron chi connectivity index (χ4n) is 2.80. The van der Waals surface area contributed by atoms with Gasteiger partial charge < -0.3 is 19.7 Å². The van der Waals surface area contributed by atoms with Crippen LogP contribution in [0.25, 0.3) is 0 Å². The first kappa shape index (κ1) is 19.1. The summed E-state index contributed by atoms with van der Waals surface area (Å²) in [5.41, 5.74) is 0.888. The van der Waals surface area contributed by atoms with Gasteiger partial charge in [0.15, 0.2) is 0 Å². The Bertz CT molecular complexity index is 551. The van der Waals surface area contributed by atoms with E-state index in [1.54, 1.807) is 4.90 Å². The number of nitrogens with zero attached hydrogens (tertiary/aromatic N) is 1. The van der Waals surface area contributed by atoms with Crippen LogP contribution in [0, 0.1) is 5.92 Å². The van der Waals surface area contributed by atoms with Gasteiger partial charge in [0.1, 0.15) is 5.75 Å². The molecule has 1 aromatic carbocycles. The van der Waals surface area contributed by atoms with Crippen LogP contribution in [0.4, 0.5) is 5.69 Å². The largest absolute Gasteiger partial charge is 0.494 e. The molecule has 6 nitrogen and oxygen atoms in total. The van der Waals surface area contributed by atoms with Gasteiger partial charge in [-0.15, -0.1) is 0 Å². The lowest BCUT2D eigenvalue weighted by atomic mass is 9.97. The number of hydrogen-bond donors (Lipinski definition) is 1. The zero-order valence-corrected chi connectivity index (χ0v) is 15.1. The molecule has 0 saturated carbocycles. The van der Waals surface area contributed by atoms with Crippen molar-refractivity contribution in [3.8, 4) is 5.75 Å². The Hall–Kier alpha value is -2.24. The third-order valence-corrected chi connectivity index (χ3v) is 4.24. The number of nitrogens with one attached hydrogen (secondary N) is 1. The molecule has 1 fully saturated rings. The van der Waals surface area contributed by atoms with Gasteiger partial charge >= 0.3 is 5.97 Å². The van der Waals surface area contributed by atoms with Crippen LogP contribution in [-0.4, -0.2) is 49.6 Å². The number of likely N-dealkylation sites (tertiary alicyclic amines) is 1. The number of anilines is 1. The minimum atomic E-state index is -0.141. The Morgan fingerprint density at radius 2 is 1.84 bits per heavy atom. The minimum Gasteiger partial charge on any atom is -0.494 e. The van der Waals surface area contributed by atoms with Crippen molar-refractivity contribution < 1.29 is 19.1 Å². The summed E-state index contributed by atoms with van der Waals surface area (Å²) in [5.74, 6) is 0.666. The zero-order chi connectivity index (χ0) is 18.1. The lowest BCUT2D eigenvalue weighted by Crippen LogP contribution is -2.43. The van der Waals surface area contributed by atoms with Crippen molar-refractivity contribution >= 4 is 17.6 Å². The van der Waals surface area contributed by atoms with Gasteiger partial charge in [-0.05, 0) is 50.5 Å². The minimum absolute atomic E-state index is 0.0496. The number of benzene rings is 1. The maximum atomic E-state index is 12.3. The van der Waals surface area contributed by atoms with Crippen molar-refractivity contribution in [1.29, 1.82) is 0 Å². The Labute approximate surface area is 149 Å². The second-order valence-corrected chi connectivity index (χ2v) is 6.13. The van der Waals surface area contributed by atoms with Gasteiger partial charge in [-0.25, -0.2) is 0 Å². The first-order valence-corrected chi connectivity index (χ1v) is 9.05. The quantitative estimate of drug-likeness (QED) is 0.732. The molecule has 1 heterocycles. The number of piperidine rings is 1. The number of amides is 1. The predicted molar refractivity (Wildman–Crippen MR) is 96.7 cm³/mol. The third-order valence-electron chi connectivity index (χ3n) is 4.24. The summed E-state index contributed by atoms with van der Waals surface area (Å²) in [4.78, 5) is 25.8. The van der Waals surface area contributed by atoms with Crippen LogP contribution in [0.2, 0.25) is 0 Å². The highest BCUT2D eigenvalue weighted by Crippen LogP contribution is 2.19. The van der Waals surface area contributed by atoms with Crippen molar-refractivity contribution in [2.24, 2.45) is 5.92 Å². The third kappa shape index (κ3) is 5.96. The number of rotatable bonds is 8. The number of ether oxygens (including phenoxy) is 2. The summed E-state index contributed by atoms with van der Waals surface area (Å²) in [6.45, 7) is 6.44. The normalized spacial score (nSPS) is 14.9. The van der Waals surface area contributed by atoms with E-state index >= 15 is 0 Å². The summed E-state index contributed by atoms with van der Waals surface area (Å²) in [6.07, 6.45) is 2.32. The standard InChI is InChI=1S/C19H28N2O4/c1-3-13-25-17-7-5-16(6-8-17)20-14-18(22)21-11-9-15(10-12-21)19(23)24-4-2/h5-8,15,20H,3-4,9-14H2,1-2H3. The Kier molecular flexibility index (Phi) is 7.57. The van der Waals surface area contributed by atoms with Crippen molar-refractivity contribution in [2.75, 3.05) is 38.2 Å². The molecule has 25 heavy (non-hydrogen) atoms. The number of carbonyl (C=O) groups excluding carboxylic acids is 2. The second kappa shape index (κ2) is 9.91. The molecule has 1 aliphatic heterocycles. The average molecular weight is 348 g/mol. The molecule has 0 aromatic heterocycles. The van der Waals surface area contributed by atoms with Crippen LogP contribution < -0.4 is 10.1 Å². The van der Waals surface area contributed by atoms with Gasteiger partial charge in [-0.1, -0.05) is 6.92 Å². The highest BCUT2D eigenvalue weighted by Gasteiger charge is 2.27. The van der Waals surface area contributed by atoms with E-state index in [1.807, 2.05) is 31.2 Å². The summed E-state index contributed by atoms with van der Waals surface area (Å²) in [5, 5.41) is 3.14. The second-order valence-electron chi connectivity index (χ2n) is 6.13. The highest BCUT2D eigenvalue weighted by atomic mass is 16.5. The SMILES string of the molecule is CCCOc1ccc(NCC(=O)N2CCC(C(=O)OCC)CC2)cc1. The molecule has 1 amide bonds. The molecule has 0 unspecified atom stereocenters. The van der Waals surface area contributed by atoms with E-state index in [9.17, 15) is 9.59 Å². The van der Waals surface area contributed by atoms with Crippen molar-refractivity contribution in [3.05, 3.63) is 24.3 Å². The van der Waals surface area contributed by atoms with E-state index < -0.39 is 0 Å². The zero-order valence-electron chi connectivity index (χ0n) is 15.1. The Balaban J connectivity index is 1.73. The van der Waals surface area contributed by atoms with E-state index in [1.165, 1.54) is 0 Å². The first-order valence-electron chi connectivity index (χ1n) is 9.05. The van der Waals surface area contributed by atoms with E-state index in [-0.39, 0.29) is 24.3 Å². The summed E-state index contributed by atoms with van der Waals surface area (Å²) >= 11 is 0. The highest BCUT2D eigenvalue weighted by molar-refractivity contribution is 5.81. The molecule has 0 radical (unpaired) electrons. The average Bonchev–Trinajstić information content (AvgIpc) is 2.65. The van der Waals surface area contributed by atoms with Gasteiger partial charge in [0.2, 0.25) is 5.91 Å². The molecule has 0 spiro atoms. The number of hydrogen-bond acceptors (Lipinski definition) is 5. The lowest BCUT2D eigenvalue weighted by Gasteiger charge is -2.31. The van der Waals surface area contributed by atoms with Gasteiger partial charge in [0.25, 0.3) is 0 Å². The Morgan fingerprint density at radius 1 is 1.16 bits per heavy atom. The van der Waals surface area contributed by atoms with E-state index in [2.05, 4.69) is 12.2 Å². The predicted octanol–water partition coefficient (Wildman–Crippen LogP) is 2.69. The van der Waals surface area contributed by atoms with Crippen LogP contribution in [0.1, 0.15) is 33.1 Å². The van der Waals surface area contributed by atoms with Crippen LogP contribution in [0.5, 0.6) is 5.75 Å². The molecular weight excluding hydrogens is 320 g/mol. The van der Waals surface area contributed by atoms with Crippen LogP contribution in [0.15, 0.2) is 24.3 Å². The van der Waals surface area contributed by atoms with Gasteiger partial charge in [0.05, 0.1) is 25.7 Å². The summed E-state index contributed by atoms with van der Waals surface area (Å²) < 4.78 is 10.6. The fourth-order valence-corrected chi connectivity index (χ4v) is 2.80. The van der Waals surface area contributed by atoms with Gasteiger partial charge in [-0.2, -0.15) is 0 Å². The van der Waals surface area contributed by atoms with Gasteiger partial charge in [-0.3, -0.25) is 9.59 Å².